The topological polar surface area (TPSA) is 104 Å². The summed E-state index contributed by atoms with van der Waals surface area (Å²) in [6.45, 7) is 2.10. The molecule has 34 heavy (non-hydrogen) atoms. The van der Waals surface area contributed by atoms with Crippen molar-refractivity contribution in [2.75, 3.05) is 5.32 Å². The number of carbonyl (C=O) groups excluding carboxylic acids is 2. The Morgan fingerprint density at radius 1 is 1.12 bits per heavy atom. The van der Waals surface area contributed by atoms with E-state index >= 15 is 0 Å². The summed E-state index contributed by atoms with van der Waals surface area (Å²) in [5.74, 6) is 0.417. The van der Waals surface area contributed by atoms with E-state index in [2.05, 4.69) is 21.7 Å². The van der Waals surface area contributed by atoms with E-state index in [0.717, 1.165) is 15.4 Å². The number of para-hydroxylation sites is 1. The van der Waals surface area contributed by atoms with Crippen LogP contribution in [0.25, 0.3) is 10.6 Å². The van der Waals surface area contributed by atoms with Gasteiger partial charge in [-0.2, -0.15) is 5.26 Å². The molecule has 1 aromatic heterocycles. The monoisotopic (exact) mass is 466 g/mol. The molecule has 0 atom stereocenters. The lowest BCUT2D eigenvalue weighted by Crippen LogP contribution is -2.23. The van der Waals surface area contributed by atoms with Crippen LogP contribution in [0.3, 0.4) is 0 Å². The third-order valence-corrected chi connectivity index (χ3v) is 6.55. The number of carbonyl (C=O) groups is 2. The third kappa shape index (κ3) is 4.00. The number of ether oxygens (including phenoxy) is 1. The predicted octanol–water partition coefficient (Wildman–Crippen LogP) is 5.28. The number of nitrogens with zero attached hydrogens (tertiary/aromatic N) is 2. The van der Waals surface area contributed by atoms with Crippen LogP contribution in [0.15, 0.2) is 66.9 Å². The van der Waals surface area contributed by atoms with Gasteiger partial charge in [-0.05, 0) is 48.9 Å². The number of aromatic nitrogens is 1. The van der Waals surface area contributed by atoms with Crippen molar-refractivity contribution in [3.05, 3.63) is 94.0 Å². The highest BCUT2D eigenvalue weighted by atomic mass is 32.1. The third-order valence-electron chi connectivity index (χ3n) is 5.50. The van der Waals surface area contributed by atoms with Crippen LogP contribution in [0.2, 0.25) is 0 Å². The van der Waals surface area contributed by atoms with Gasteiger partial charge in [0.15, 0.2) is 5.75 Å². The van der Waals surface area contributed by atoms with Gasteiger partial charge in [0.25, 0.3) is 11.8 Å². The number of hydrogen-bond donors (Lipinski definition) is 2. The van der Waals surface area contributed by atoms with E-state index in [0.29, 0.717) is 46.0 Å². The lowest BCUT2D eigenvalue weighted by Gasteiger charge is -2.14. The zero-order valence-corrected chi connectivity index (χ0v) is 18.9. The molecule has 8 heteroatoms. The highest BCUT2D eigenvalue weighted by Gasteiger charge is 2.24. The highest BCUT2D eigenvalue weighted by Crippen LogP contribution is 2.38. The molecule has 2 amide bonds. The lowest BCUT2D eigenvalue weighted by molar-refractivity contribution is 0.0949. The van der Waals surface area contributed by atoms with E-state index in [1.807, 2.05) is 12.1 Å². The number of fused-ring (bicyclic) bond motifs is 2. The van der Waals surface area contributed by atoms with Crippen LogP contribution < -0.4 is 15.4 Å². The van der Waals surface area contributed by atoms with Gasteiger partial charge < -0.3 is 15.4 Å². The van der Waals surface area contributed by atoms with E-state index in [9.17, 15) is 9.59 Å². The number of anilines is 1. The van der Waals surface area contributed by atoms with E-state index in [-0.39, 0.29) is 11.8 Å². The summed E-state index contributed by atoms with van der Waals surface area (Å²) in [6.07, 6.45) is 1.73. The van der Waals surface area contributed by atoms with E-state index in [1.54, 1.807) is 61.7 Å². The van der Waals surface area contributed by atoms with Gasteiger partial charge in [0.2, 0.25) is 0 Å². The second-order valence-corrected chi connectivity index (χ2v) is 8.78. The van der Waals surface area contributed by atoms with Crippen LogP contribution in [-0.2, 0) is 6.54 Å². The first-order chi connectivity index (χ1) is 16.5. The highest BCUT2D eigenvalue weighted by molar-refractivity contribution is 7.15. The van der Waals surface area contributed by atoms with Gasteiger partial charge in [-0.25, -0.2) is 4.98 Å². The molecule has 0 radical (unpaired) electrons. The van der Waals surface area contributed by atoms with Crippen LogP contribution in [-0.4, -0.2) is 16.8 Å². The Kier molecular flexibility index (Phi) is 5.54. The molecular formula is C26H18N4O3S. The van der Waals surface area contributed by atoms with Gasteiger partial charge in [0.05, 0.1) is 29.4 Å². The Hall–Kier alpha value is -4.48. The first kappa shape index (κ1) is 21.4. The summed E-state index contributed by atoms with van der Waals surface area (Å²) >= 11 is 1.47. The average Bonchev–Trinajstić information content (AvgIpc) is 3.28. The van der Waals surface area contributed by atoms with Crippen molar-refractivity contribution < 1.29 is 14.3 Å². The molecule has 166 valence electrons. The first-order valence-electron chi connectivity index (χ1n) is 10.5. The summed E-state index contributed by atoms with van der Waals surface area (Å²) in [7, 11) is 0. The number of hydrogen-bond acceptors (Lipinski definition) is 6. The Balaban J connectivity index is 1.32. The molecule has 4 aromatic rings. The van der Waals surface area contributed by atoms with Gasteiger partial charge in [0, 0.05) is 22.2 Å². The molecule has 3 aromatic carbocycles. The SMILES string of the molecule is Cc1c(C(=O)NCc2cnc(-c3ccc(C#N)cc3)s2)ccc2c1NC(=O)c1ccccc1O2. The van der Waals surface area contributed by atoms with Gasteiger partial charge in [-0.15, -0.1) is 11.3 Å². The van der Waals surface area contributed by atoms with Crippen molar-refractivity contribution in [3.8, 4) is 28.1 Å². The normalized spacial score (nSPS) is 11.8. The van der Waals surface area contributed by atoms with Crippen molar-refractivity contribution >= 4 is 28.8 Å². The Morgan fingerprint density at radius 2 is 1.91 bits per heavy atom. The maximum absolute atomic E-state index is 12.9. The molecule has 1 aliphatic rings. The van der Waals surface area contributed by atoms with Gasteiger partial charge in [0.1, 0.15) is 10.8 Å². The minimum absolute atomic E-state index is 0.260. The average molecular weight is 467 g/mol. The van der Waals surface area contributed by atoms with E-state index in [4.69, 9.17) is 10.00 Å². The zero-order chi connectivity index (χ0) is 23.7. The van der Waals surface area contributed by atoms with Crippen LogP contribution in [0.4, 0.5) is 5.69 Å². The molecule has 0 saturated carbocycles. The van der Waals surface area contributed by atoms with Gasteiger partial charge >= 0.3 is 0 Å². The molecule has 0 saturated heterocycles. The van der Waals surface area contributed by atoms with Crippen molar-refractivity contribution in [3.63, 3.8) is 0 Å². The summed E-state index contributed by atoms with van der Waals surface area (Å²) in [5, 5.41) is 15.6. The van der Waals surface area contributed by atoms with Crippen LogP contribution >= 0.6 is 11.3 Å². The number of nitrogens with one attached hydrogen (secondary N) is 2. The minimum Gasteiger partial charge on any atom is -0.454 e. The zero-order valence-electron chi connectivity index (χ0n) is 18.1. The van der Waals surface area contributed by atoms with Crippen LogP contribution in [0, 0.1) is 18.3 Å². The fourth-order valence-corrected chi connectivity index (χ4v) is 4.55. The quantitative estimate of drug-likeness (QED) is 0.426. The molecule has 0 aliphatic carbocycles. The van der Waals surface area contributed by atoms with E-state index < -0.39 is 0 Å². The Labute approximate surface area is 199 Å². The Bertz CT molecular complexity index is 1470. The molecule has 2 N–H and O–H groups in total. The number of benzene rings is 3. The molecule has 2 heterocycles. The number of nitriles is 1. The maximum Gasteiger partial charge on any atom is 0.259 e. The summed E-state index contributed by atoms with van der Waals surface area (Å²) in [5.41, 5.74) is 3.50. The fraction of sp³-hybridized carbons (Fsp3) is 0.0769. The van der Waals surface area contributed by atoms with Crippen molar-refractivity contribution in [1.82, 2.24) is 10.3 Å². The first-order valence-corrected chi connectivity index (χ1v) is 11.3. The second-order valence-electron chi connectivity index (χ2n) is 7.67. The molecular weight excluding hydrogens is 448 g/mol. The molecule has 0 unspecified atom stereocenters. The van der Waals surface area contributed by atoms with Crippen LogP contribution in [0.5, 0.6) is 11.5 Å². The summed E-state index contributed by atoms with van der Waals surface area (Å²) in [4.78, 5) is 30.9. The second kappa shape index (κ2) is 8.81. The van der Waals surface area contributed by atoms with Crippen molar-refractivity contribution in [2.45, 2.75) is 13.5 Å². The van der Waals surface area contributed by atoms with Crippen molar-refractivity contribution in [2.24, 2.45) is 0 Å². The lowest BCUT2D eigenvalue weighted by atomic mass is 10.0. The number of amides is 2. The molecule has 5 rings (SSSR count). The molecule has 0 fully saturated rings. The molecule has 0 bridgehead atoms. The standard InChI is InChI=1S/C26H18N4O3S/c1-15-19(10-11-22-23(15)30-25(32)20-4-2-3-5-21(20)33-22)24(31)28-13-18-14-29-26(34-18)17-8-6-16(12-27)7-9-17/h2-11,14H,13H2,1H3,(H,28,31)(H,30,32). The largest absolute Gasteiger partial charge is 0.454 e. The van der Waals surface area contributed by atoms with E-state index in [1.165, 1.54) is 11.3 Å². The van der Waals surface area contributed by atoms with Crippen molar-refractivity contribution in [1.29, 1.82) is 5.26 Å². The summed E-state index contributed by atoms with van der Waals surface area (Å²) < 4.78 is 5.94. The van der Waals surface area contributed by atoms with Gasteiger partial charge in [-0.1, -0.05) is 24.3 Å². The van der Waals surface area contributed by atoms with Crippen LogP contribution in [0.1, 0.15) is 36.7 Å². The number of thiazole rings is 1. The number of rotatable bonds is 4. The summed E-state index contributed by atoms with van der Waals surface area (Å²) in [6, 6.07) is 19.7. The molecule has 1 aliphatic heterocycles. The molecule has 0 spiro atoms. The molecule has 7 nitrogen and oxygen atoms in total. The predicted molar refractivity (Wildman–Crippen MR) is 129 cm³/mol. The minimum atomic E-state index is -0.282. The van der Waals surface area contributed by atoms with Gasteiger partial charge in [-0.3, -0.25) is 9.59 Å². The smallest absolute Gasteiger partial charge is 0.259 e. The fourth-order valence-electron chi connectivity index (χ4n) is 3.69. The Morgan fingerprint density at radius 3 is 2.71 bits per heavy atom. The maximum atomic E-state index is 12.9.